The summed E-state index contributed by atoms with van der Waals surface area (Å²) in [5.74, 6) is -1.38. The van der Waals surface area contributed by atoms with E-state index in [1.165, 1.54) is 0 Å². The summed E-state index contributed by atoms with van der Waals surface area (Å²) >= 11 is 0. The predicted molar refractivity (Wildman–Crippen MR) is 86.1 cm³/mol. The lowest BCUT2D eigenvalue weighted by Crippen LogP contribution is -2.49. The molecule has 0 aliphatic rings. The van der Waals surface area contributed by atoms with Gasteiger partial charge < -0.3 is 21.4 Å². The summed E-state index contributed by atoms with van der Waals surface area (Å²) < 4.78 is 0. The molecule has 1 aromatic rings. The van der Waals surface area contributed by atoms with Crippen LogP contribution in [0.3, 0.4) is 0 Å². The van der Waals surface area contributed by atoms with E-state index in [4.69, 9.17) is 11.5 Å². The average molecular weight is 306 g/mol. The molecule has 0 fully saturated rings. The molecule has 1 aromatic carbocycles. The fraction of sp³-hybridized carbons (Fsp3) is 0.529. The van der Waals surface area contributed by atoms with Gasteiger partial charge in [0.05, 0.1) is 12.1 Å². The minimum Gasteiger partial charge on any atom is -0.390 e. The number of ketones is 1. The highest BCUT2D eigenvalue weighted by molar-refractivity contribution is 5.97. The van der Waals surface area contributed by atoms with Crippen molar-refractivity contribution in [2.45, 2.75) is 44.9 Å². The monoisotopic (exact) mass is 306 g/mol. The molecule has 1 rings (SSSR count). The fourth-order valence-electron chi connectivity index (χ4n) is 2.46. The minimum atomic E-state index is -1.23. The molecule has 0 heterocycles. The Kier molecular flexibility index (Phi) is 7.38. The molecule has 5 heteroatoms. The number of rotatable bonds is 9. The number of carbonyl (C=O) groups excluding carboxylic acids is 2. The molecule has 0 amide bonds. The number of benzene rings is 1. The van der Waals surface area contributed by atoms with Gasteiger partial charge in [0.2, 0.25) is 0 Å². The molecule has 0 aliphatic carbocycles. The van der Waals surface area contributed by atoms with Crippen molar-refractivity contribution in [3.05, 3.63) is 35.9 Å². The molecule has 3 unspecified atom stereocenters. The van der Waals surface area contributed by atoms with Crippen molar-refractivity contribution >= 4 is 12.1 Å². The summed E-state index contributed by atoms with van der Waals surface area (Å²) in [7, 11) is 0. The number of hydrogen-bond acceptors (Lipinski definition) is 5. The molecule has 122 valence electrons. The van der Waals surface area contributed by atoms with Crippen LogP contribution in [0.25, 0.3) is 0 Å². The number of nitrogens with two attached hydrogens (primary N) is 2. The van der Waals surface area contributed by atoms with Crippen LogP contribution >= 0.6 is 0 Å². The summed E-state index contributed by atoms with van der Waals surface area (Å²) in [4.78, 5) is 23.5. The average Bonchev–Trinajstić information content (AvgIpc) is 2.47. The van der Waals surface area contributed by atoms with Crippen molar-refractivity contribution in [1.82, 2.24) is 0 Å². The van der Waals surface area contributed by atoms with Crippen molar-refractivity contribution in [3.63, 3.8) is 0 Å². The molecule has 0 saturated carbocycles. The Bertz CT molecular complexity index is 476. The summed E-state index contributed by atoms with van der Waals surface area (Å²) in [5, 5.41) is 10.3. The Morgan fingerprint density at radius 1 is 1.23 bits per heavy atom. The zero-order valence-corrected chi connectivity index (χ0v) is 13.2. The number of hydrogen-bond donors (Lipinski definition) is 3. The van der Waals surface area contributed by atoms with Gasteiger partial charge in [0.1, 0.15) is 12.2 Å². The highest BCUT2D eigenvalue weighted by atomic mass is 16.3. The van der Waals surface area contributed by atoms with Crippen molar-refractivity contribution in [2.24, 2.45) is 23.3 Å². The first-order chi connectivity index (χ1) is 10.4. The first-order valence-corrected chi connectivity index (χ1v) is 7.59. The van der Waals surface area contributed by atoms with Gasteiger partial charge in [-0.2, -0.15) is 0 Å². The van der Waals surface area contributed by atoms with E-state index in [2.05, 4.69) is 0 Å². The number of Topliss-reactive ketones (excluding diaryl/α,β-unsaturated/α-hetero) is 1. The quantitative estimate of drug-likeness (QED) is 0.459. The summed E-state index contributed by atoms with van der Waals surface area (Å²) in [6.45, 7) is 3.89. The molecular formula is C17H26N2O3. The molecule has 5 N–H and O–H groups in total. The van der Waals surface area contributed by atoms with E-state index in [0.717, 1.165) is 5.56 Å². The topological polar surface area (TPSA) is 106 Å². The lowest BCUT2D eigenvalue weighted by molar-refractivity contribution is -0.133. The SMILES string of the molecule is CC(C)C[C@H](N)C(=O)C(C=O)C(O)C(N)Cc1ccccc1. The molecule has 4 atom stereocenters. The maximum atomic E-state index is 12.2. The van der Waals surface area contributed by atoms with Gasteiger partial charge in [-0.1, -0.05) is 44.2 Å². The van der Waals surface area contributed by atoms with Crippen LogP contribution in [0.15, 0.2) is 30.3 Å². The first kappa shape index (κ1) is 18.5. The van der Waals surface area contributed by atoms with E-state index in [9.17, 15) is 14.7 Å². The lowest BCUT2D eigenvalue weighted by atomic mass is 9.86. The summed E-state index contributed by atoms with van der Waals surface area (Å²) in [6, 6.07) is 7.93. The van der Waals surface area contributed by atoms with E-state index < -0.39 is 29.9 Å². The van der Waals surface area contributed by atoms with Gasteiger partial charge in [-0.25, -0.2) is 0 Å². The molecule has 0 aromatic heterocycles. The van der Waals surface area contributed by atoms with Crippen LogP contribution in [0.1, 0.15) is 25.8 Å². The highest BCUT2D eigenvalue weighted by Gasteiger charge is 2.33. The molecule has 5 nitrogen and oxygen atoms in total. The molecule has 0 aliphatic heterocycles. The largest absolute Gasteiger partial charge is 0.390 e. The van der Waals surface area contributed by atoms with Crippen LogP contribution in [0.5, 0.6) is 0 Å². The second kappa shape index (κ2) is 8.78. The van der Waals surface area contributed by atoms with Gasteiger partial charge in [-0.05, 0) is 24.3 Å². The van der Waals surface area contributed by atoms with Gasteiger partial charge in [0.15, 0.2) is 5.78 Å². The smallest absolute Gasteiger partial charge is 0.162 e. The Morgan fingerprint density at radius 2 is 1.82 bits per heavy atom. The molecular weight excluding hydrogens is 280 g/mol. The van der Waals surface area contributed by atoms with Gasteiger partial charge in [0, 0.05) is 6.04 Å². The third kappa shape index (κ3) is 5.33. The normalized spacial score (nSPS) is 16.8. The van der Waals surface area contributed by atoms with Gasteiger partial charge in [0.25, 0.3) is 0 Å². The Labute approximate surface area is 131 Å². The van der Waals surface area contributed by atoms with Crippen LogP contribution in [0.2, 0.25) is 0 Å². The zero-order chi connectivity index (χ0) is 16.7. The third-order valence-electron chi connectivity index (χ3n) is 3.69. The van der Waals surface area contributed by atoms with Crippen molar-refractivity contribution < 1.29 is 14.7 Å². The van der Waals surface area contributed by atoms with E-state index in [0.29, 0.717) is 19.1 Å². The molecule has 22 heavy (non-hydrogen) atoms. The van der Waals surface area contributed by atoms with Gasteiger partial charge >= 0.3 is 0 Å². The second-order valence-electron chi connectivity index (χ2n) is 6.14. The van der Waals surface area contributed by atoms with Crippen LogP contribution in [0, 0.1) is 11.8 Å². The highest BCUT2D eigenvalue weighted by Crippen LogP contribution is 2.15. The van der Waals surface area contributed by atoms with E-state index >= 15 is 0 Å². The van der Waals surface area contributed by atoms with E-state index in [1.807, 2.05) is 44.2 Å². The van der Waals surface area contributed by atoms with Crippen molar-refractivity contribution in [1.29, 1.82) is 0 Å². The van der Waals surface area contributed by atoms with Crippen molar-refractivity contribution in [2.75, 3.05) is 0 Å². The minimum absolute atomic E-state index is 0.237. The van der Waals surface area contributed by atoms with E-state index in [1.54, 1.807) is 0 Å². The lowest BCUT2D eigenvalue weighted by Gasteiger charge is -2.25. The van der Waals surface area contributed by atoms with Gasteiger partial charge in [-0.3, -0.25) is 4.79 Å². The first-order valence-electron chi connectivity index (χ1n) is 7.59. The summed E-state index contributed by atoms with van der Waals surface area (Å²) in [6.07, 6.45) is 0.0874. The number of carbonyl (C=O) groups is 2. The second-order valence-corrected chi connectivity index (χ2v) is 6.14. The maximum Gasteiger partial charge on any atom is 0.162 e. The Morgan fingerprint density at radius 3 is 2.32 bits per heavy atom. The van der Waals surface area contributed by atoms with Crippen molar-refractivity contribution in [3.8, 4) is 0 Å². The molecule has 0 radical (unpaired) electrons. The summed E-state index contributed by atoms with van der Waals surface area (Å²) in [5.41, 5.74) is 12.7. The number of aliphatic hydroxyl groups is 1. The molecule has 0 spiro atoms. The van der Waals surface area contributed by atoms with Crippen LogP contribution in [-0.2, 0) is 16.0 Å². The predicted octanol–water partition coefficient (Wildman–Crippen LogP) is 0.675. The maximum absolute atomic E-state index is 12.2. The fourth-order valence-corrected chi connectivity index (χ4v) is 2.46. The Hall–Kier alpha value is -1.56. The third-order valence-corrected chi connectivity index (χ3v) is 3.69. The number of aliphatic hydroxyl groups excluding tert-OH is 1. The van der Waals surface area contributed by atoms with Crippen LogP contribution in [0.4, 0.5) is 0 Å². The molecule has 0 bridgehead atoms. The number of aldehydes is 1. The van der Waals surface area contributed by atoms with Gasteiger partial charge in [-0.15, -0.1) is 0 Å². The van der Waals surface area contributed by atoms with E-state index in [-0.39, 0.29) is 5.92 Å². The van der Waals surface area contributed by atoms with Crippen LogP contribution < -0.4 is 11.5 Å². The molecule has 0 saturated heterocycles. The van der Waals surface area contributed by atoms with Crippen LogP contribution in [-0.4, -0.2) is 35.4 Å². The Balaban J connectivity index is 2.72. The standard InChI is InChI=1S/C17H26N2O3/c1-11(2)8-14(18)16(21)13(10-20)17(22)15(19)9-12-6-4-3-5-7-12/h3-7,10-11,13-15,17,22H,8-9,18-19H2,1-2H3/t13?,14-,15?,17?/m0/s1. The zero-order valence-electron chi connectivity index (χ0n) is 13.2.